The number of hydrogen-bond donors (Lipinski definition) is 3. The smallest absolute Gasteiger partial charge is 0.250 e. The van der Waals surface area contributed by atoms with Gasteiger partial charge < -0.3 is 30.7 Å². The van der Waals surface area contributed by atoms with Crippen LogP contribution in [0.3, 0.4) is 0 Å². The molecule has 2 saturated heterocycles. The SMILES string of the molecule is CC(C)NCC(=O)N[C@H](Cc1ccc(Cl)cc1)C(=O)N1CCC2(CC1)C(=O)N(CC(=O)NC1CCCCC1)CN2c1ccccc1. The van der Waals surface area contributed by atoms with Gasteiger partial charge in [-0.05, 0) is 55.5 Å². The van der Waals surface area contributed by atoms with E-state index >= 15 is 0 Å². The zero-order valence-corrected chi connectivity index (χ0v) is 27.7. The van der Waals surface area contributed by atoms with E-state index in [0.29, 0.717) is 44.0 Å². The molecular weight excluding hydrogens is 604 g/mol. The summed E-state index contributed by atoms with van der Waals surface area (Å²) in [5.41, 5.74) is 0.937. The summed E-state index contributed by atoms with van der Waals surface area (Å²) >= 11 is 6.09. The third-order valence-electron chi connectivity index (χ3n) is 9.45. The quantitative estimate of drug-likeness (QED) is 0.343. The minimum absolute atomic E-state index is 0.0165. The van der Waals surface area contributed by atoms with Crippen LogP contribution < -0.4 is 20.9 Å². The molecule has 0 radical (unpaired) electrons. The lowest BCUT2D eigenvalue weighted by Gasteiger charge is -2.44. The first kappa shape index (κ1) is 33.7. The van der Waals surface area contributed by atoms with Gasteiger partial charge in [0, 0.05) is 42.3 Å². The molecule has 3 N–H and O–H groups in total. The minimum atomic E-state index is -0.862. The summed E-state index contributed by atoms with van der Waals surface area (Å²) in [4.78, 5) is 59.6. The number of halogens is 1. The third kappa shape index (κ3) is 8.20. The van der Waals surface area contributed by atoms with Crippen LogP contribution >= 0.6 is 11.6 Å². The standard InChI is InChI=1S/C35H47ClN6O4/c1-25(2)37-22-31(43)39-30(21-26-13-15-27(36)16-14-26)33(45)40-19-17-35(18-20-40)34(46)41(24-42(35)29-11-7-4-8-12-29)23-32(44)38-28-9-5-3-6-10-28/h4,7-8,11-16,25,28,30,37H,3,5-6,9-10,17-24H2,1-2H3,(H,38,44)(H,39,43)/t30-/m1/s1. The number of para-hydroxylation sites is 1. The number of amides is 4. The summed E-state index contributed by atoms with van der Waals surface area (Å²) in [6.45, 7) is 5.06. The maximum atomic E-state index is 14.2. The van der Waals surface area contributed by atoms with Crippen LogP contribution in [0.25, 0.3) is 0 Å². The molecule has 1 atom stereocenters. The van der Waals surface area contributed by atoms with Gasteiger partial charge in [0.25, 0.3) is 5.91 Å². The lowest BCUT2D eigenvalue weighted by Crippen LogP contribution is -2.60. The average molecular weight is 651 g/mol. The van der Waals surface area contributed by atoms with Gasteiger partial charge in [-0.15, -0.1) is 0 Å². The number of anilines is 1. The van der Waals surface area contributed by atoms with Gasteiger partial charge in [0.15, 0.2) is 0 Å². The molecule has 4 amide bonds. The Hall–Kier alpha value is -3.63. The normalized spacial score (nSPS) is 19.0. The zero-order chi connectivity index (χ0) is 32.7. The molecule has 46 heavy (non-hydrogen) atoms. The Morgan fingerprint density at radius 2 is 1.61 bits per heavy atom. The van der Waals surface area contributed by atoms with E-state index in [9.17, 15) is 19.2 Å². The molecule has 1 spiro atoms. The second-order valence-corrected chi connectivity index (χ2v) is 13.6. The summed E-state index contributed by atoms with van der Waals surface area (Å²) in [6.07, 6.45) is 6.57. The molecular formula is C35H47ClN6O4. The topological polar surface area (TPSA) is 114 Å². The lowest BCUT2D eigenvalue weighted by molar-refractivity contribution is -0.141. The number of nitrogens with one attached hydrogen (secondary N) is 3. The van der Waals surface area contributed by atoms with E-state index in [2.05, 4.69) is 20.9 Å². The van der Waals surface area contributed by atoms with Crippen molar-refractivity contribution in [1.82, 2.24) is 25.8 Å². The van der Waals surface area contributed by atoms with E-state index in [4.69, 9.17) is 11.6 Å². The first-order chi connectivity index (χ1) is 22.1. The van der Waals surface area contributed by atoms with Crippen LogP contribution in [0.2, 0.25) is 5.02 Å². The number of carbonyl (C=O) groups excluding carboxylic acids is 4. The fraction of sp³-hybridized carbons (Fsp3) is 0.543. The van der Waals surface area contributed by atoms with Crippen LogP contribution in [0.4, 0.5) is 5.69 Å². The van der Waals surface area contributed by atoms with Crippen LogP contribution in [0, 0.1) is 0 Å². The Bertz CT molecular complexity index is 1360. The minimum Gasteiger partial charge on any atom is -0.352 e. The molecule has 5 rings (SSSR count). The molecule has 1 saturated carbocycles. The van der Waals surface area contributed by atoms with Gasteiger partial charge in [0.05, 0.1) is 13.2 Å². The monoisotopic (exact) mass is 650 g/mol. The van der Waals surface area contributed by atoms with E-state index in [1.54, 1.807) is 21.9 Å². The van der Waals surface area contributed by atoms with Gasteiger partial charge in [0.2, 0.25) is 17.7 Å². The molecule has 3 aliphatic rings. The third-order valence-corrected chi connectivity index (χ3v) is 9.70. The Morgan fingerprint density at radius 1 is 0.935 bits per heavy atom. The summed E-state index contributed by atoms with van der Waals surface area (Å²) in [7, 11) is 0. The summed E-state index contributed by atoms with van der Waals surface area (Å²) in [5, 5.41) is 9.80. The van der Waals surface area contributed by atoms with E-state index in [0.717, 1.165) is 36.9 Å². The second-order valence-electron chi connectivity index (χ2n) is 13.2. The Balaban J connectivity index is 1.29. The number of nitrogens with zero attached hydrogens (tertiary/aromatic N) is 3. The van der Waals surface area contributed by atoms with E-state index in [1.807, 2.05) is 56.3 Å². The average Bonchev–Trinajstić information content (AvgIpc) is 3.31. The zero-order valence-electron chi connectivity index (χ0n) is 27.0. The van der Waals surface area contributed by atoms with Crippen molar-refractivity contribution in [3.8, 4) is 0 Å². The van der Waals surface area contributed by atoms with Crippen molar-refractivity contribution >= 4 is 40.9 Å². The summed E-state index contributed by atoms with van der Waals surface area (Å²) < 4.78 is 0. The highest BCUT2D eigenvalue weighted by Gasteiger charge is 2.54. The Labute approximate surface area is 277 Å². The van der Waals surface area contributed by atoms with Crippen molar-refractivity contribution in [3.63, 3.8) is 0 Å². The molecule has 248 valence electrons. The van der Waals surface area contributed by atoms with Crippen molar-refractivity contribution in [2.45, 2.75) is 88.9 Å². The molecule has 2 aromatic carbocycles. The van der Waals surface area contributed by atoms with Gasteiger partial charge in [-0.25, -0.2) is 0 Å². The molecule has 0 aromatic heterocycles. The summed E-state index contributed by atoms with van der Waals surface area (Å²) in [6, 6.07) is 16.6. The van der Waals surface area contributed by atoms with Gasteiger partial charge >= 0.3 is 0 Å². The predicted octanol–water partition coefficient (Wildman–Crippen LogP) is 3.48. The molecule has 0 bridgehead atoms. The molecule has 10 nitrogen and oxygen atoms in total. The molecule has 2 aliphatic heterocycles. The number of benzene rings is 2. The number of piperidine rings is 1. The molecule has 2 aromatic rings. The largest absolute Gasteiger partial charge is 0.352 e. The van der Waals surface area contributed by atoms with Gasteiger partial charge in [0.1, 0.15) is 18.1 Å². The lowest BCUT2D eigenvalue weighted by atomic mass is 9.85. The van der Waals surface area contributed by atoms with Crippen molar-refractivity contribution in [3.05, 3.63) is 65.2 Å². The molecule has 1 aliphatic carbocycles. The first-order valence-electron chi connectivity index (χ1n) is 16.6. The molecule has 3 fully saturated rings. The molecule has 2 heterocycles. The first-order valence-corrected chi connectivity index (χ1v) is 17.0. The van der Waals surface area contributed by atoms with Gasteiger partial charge in [-0.3, -0.25) is 19.2 Å². The fourth-order valence-corrected chi connectivity index (χ4v) is 7.06. The van der Waals surface area contributed by atoms with Crippen molar-refractivity contribution in [1.29, 1.82) is 0 Å². The number of likely N-dealkylation sites (tertiary alicyclic amines) is 1. The van der Waals surface area contributed by atoms with Crippen molar-refractivity contribution in [2.24, 2.45) is 0 Å². The van der Waals surface area contributed by atoms with E-state index in [-0.39, 0.29) is 48.8 Å². The van der Waals surface area contributed by atoms with E-state index in [1.165, 1.54) is 6.42 Å². The molecule has 11 heteroatoms. The predicted molar refractivity (Wildman–Crippen MR) is 179 cm³/mol. The van der Waals surface area contributed by atoms with Gasteiger partial charge in [-0.2, -0.15) is 0 Å². The summed E-state index contributed by atoms with van der Waals surface area (Å²) in [5.74, 6) is -0.625. The highest BCUT2D eigenvalue weighted by atomic mass is 35.5. The van der Waals surface area contributed by atoms with Gasteiger partial charge in [-0.1, -0.05) is 75.0 Å². The highest BCUT2D eigenvalue weighted by molar-refractivity contribution is 6.30. The van der Waals surface area contributed by atoms with Crippen LogP contribution in [0.15, 0.2) is 54.6 Å². The molecule has 0 unspecified atom stereocenters. The number of hydrogen-bond acceptors (Lipinski definition) is 6. The van der Waals surface area contributed by atoms with E-state index < -0.39 is 11.6 Å². The maximum Gasteiger partial charge on any atom is 0.250 e. The van der Waals surface area contributed by atoms with Crippen molar-refractivity contribution in [2.75, 3.05) is 37.7 Å². The highest BCUT2D eigenvalue weighted by Crippen LogP contribution is 2.39. The van der Waals surface area contributed by atoms with Crippen LogP contribution in [-0.2, 0) is 25.6 Å². The fourth-order valence-electron chi connectivity index (χ4n) is 6.93. The number of carbonyl (C=O) groups is 4. The van der Waals surface area contributed by atoms with Crippen LogP contribution in [-0.4, -0.2) is 89.9 Å². The van der Waals surface area contributed by atoms with Crippen molar-refractivity contribution < 1.29 is 19.2 Å². The number of rotatable bonds is 11. The van der Waals surface area contributed by atoms with Crippen LogP contribution in [0.1, 0.15) is 64.4 Å². The Kier molecular flexibility index (Phi) is 11.2. The second kappa shape index (κ2) is 15.3. The van der Waals surface area contributed by atoms with Crippen LogP contribution in [0.5, 0.6) is 0 Å². The Morgan fingerprint density at radius 3 is 2.26 bits per heavy atom. The maximum absolute atomic E-state index is 14.2.